The average Bonchev–Trinajstić information content (AvgIpc) is 2.76. The van der Waals surface area contributed by atoms with Crippen LogP contribution in [0.4, 0.5) is 11.6 Å². The second kappa shape index (κ2) is 8.74. The van der Waals surface area contributed by atoms with Gasteiger partial charge in [-0.05, 0) is 36.4 Å². The first-order chi connectivity index (χ1) is 14.7. The van der Waals surface area contributed by atoms with Crippen molar-refractivity contribution in [2.24, 2.45) is 10.7 Å². The van der Waals surface area contributed by atoms with Crippen LogP contribution < -0.4 is 21.3 Å². The van der Waals surface area contributed by atoms with E-state index in [2.05, 4.69) is 20.3 Å². The Labute approximate surface area is 172 Å². The number of aromatic amines is 1. The number of rotatable bonds is 5. The van der Waals surface area contributed by atoms with E-state index in [0.29, 0.717) is 11.4 Å². The van der Waals surface area contributed by atoms with Gasteiger partial charge in [0.25, 0.3) is 5.56 Å². The molecule has 4 aromatic rings. The third-order valence-corrected chi connectivity index (χ3v) is 4.13. The zero-order valence-corrected chi connectivity index (χ0v) is 15.9. The molecule has 3 aromatic carbocycles. The van der Waals surface area contributed by atoms with Crippen molar-refractivity contribution in [3.05, 3.63) is 101 Å². The minimum absolute atomic E-state index is 0.0973. The van der Waals surface area contributed by atoms with Gasteiger partial charge in [-0.2, -0.15) is 4.99 Å². The number of aromatic nitrogens is 2. The molecule has 1 aromatic heterocycles. The lowest BCUT2D eigenvalue weighted by Crippen LogP contribution is -2.22. The molecule has 1 heterocycles. The highest BCUT2D eigenvalue weighted by Crippen LogP contribution is 2.22. The van der Waals surface area contributed by atoms with Crippen LogP contribution in [0.1, 0.15) is 0 Å². The van der Waals surface area contributed by atoms with Crippen molar-refractivity contribution in [1.29, 1.82) is 0 Å². The number of anilines is 1. The lowest BCUT2D eigenvalue weighted by molar-refractivity contribution is 0.483. The van der Waals surface area contributed by atoms with Crippen molar-refractivity contribution in [2.45, 2.75) is 0 Å². The lowest BCUT2D eigenvalue weighted by atomic mass is 10.1. The molecule has 0 unspecified atom stereocenters. The van der Waals surface area contributed by atoms with Crippen molar-refractivity contribution in [2.75, 3.05) is 5.32 Å². The Kier molecular flexibility index (Phi) is 5.52. The van der Waals surface area contributed by atoms with Crippen LogP contribution in [-0.4, -0.2) is 15.9 Å². The maximum absolute atomic E-state index is 12.0. The lowest BCUT2D eigenvalue weighted by Gasteiger charge is -2.08. The Balaban J connectivity index is 1.48. The number of guanidine groups is 1. The molecule has 0 bridgehead atoms. The smallest absolute Gasteiger partial charge is 0.252 e. The highest BCUT2D eigenvalue weighted by atomic mass is 16.5. The molecule has 4 N–H and O–H groups in total. The maximum atomic E-state index is 12.0. The predicted molar refractivity (Wildman–Crippen MR) is 118 cm³/mol. The molecule has 148 valence electrons. The molecule has 0 saturated heterocycles. The summed E-state index contributed by atoms with van der Waals surface area (Å²) in [5.74, 6) is 1.67. The topological polar surface area (TPSA) is 105 Å². The van der Waals surface area contributed by atoms with Gasteiger partial charge in [0.15, 0.2) is 0 Å². The summed E-state index contributed by atoms with van der Waals surface area (Å²) in [6.07, 6.45) is 0. The largest absolute Gasteiger partial charge is 0.457 e. The number of aliphatic imine (C=N–C) groups is 1. The highest BCUT2D eigenvalue weighted by molar-refractivity contribution is 5.93. The van der Waals surface area contributed by atoms with Crippen LogP contribution in [0.5, 0.6) is 11.5 Å². The third-order valence-electron chi connectivity index (χ3n) is 4.13. The second-order valence-corrected chi connectivity index (χ2v) is 6.38. The van der Waals surface area contributed by atoms with Gasteiger partial charge in [0, 0.05) is 17.3 Å². The van der Waals surface area contributed by atoms with Gasteiger partial charge in [-0.3, -0.25) is 9.78 Å². The van der Waals surface area contributed by atoms with E-state index in [-0.39, 0.29) is 17.5 Å². The molecule has 7 nitrogen and oxygen atoms in total. The molecular weight excluding hydrogens is 378 g/mol. The molecular formula is C23H19N5O2. The second-order valence-electron chi connectivity index (χ2n) is 6.38. The maximum Gasteiger partial charge on any atom is 0.252 e. The van der Waals surface area contributed by atoms with Crippen LogP contribution in [0.25, 0.3) is 11.3 Å². The van der Waals surface area contributed by atoms with Crippen molar-refractivity contribution in [1.82, 2.24) is 9.97 Å². The molecule has 0 atom stereocenters. The number of H-pyrrole nitrogens is 1. The standard InChI is InChI=1S/C23H19N5O2/c24-22(25-17-11-13-19(14-12-17)30-18-9-5-2-6-10-18)28-23-26-20(15-21(29)27-23)16-7-3-1-4-8-16/h1-15H,(H4,24,25,26,27,28,29). The first-order valence-electron chi connectivity index (χ1n) is 9.27. The summed E-state index contributed by atoms with van der Waals surface area (Å²) < 4.78 is 5.76. The van der Waals surface area contributed by atoms with Gasteiger partial charge in [-0.25, -0.2) is 4.98 Å². The molecule has 0 spiro atoms. The number of benzene rings is 3. The van der Waals surface area contributed by atoms with Crippen LogP contribution in [-0.2, 0) is 0 Å². The highest BCUT2D eigenvalue weighted by Gasteiger charge is 2.04. The Hall–Kier alpha value is -4.39. The van der Waals surface area contributed by atoms with Gasteiger partial charge >= 0.3 is 0 Å². The number of hydrogen-bond donors (Lipinski definition) is 3. The van der Waals surface area contributed by atoms with Crippen LogP contribution in [0.2, 0.25) is 0 Å². The third kappa shape index (κ3) is 4.90. The molecule has 7 heteroatoms. The number of ether oxygens (including phenoxy) is 1. The summed E-state index contributed by atoms with van der Waals surface area (Å²) in [6.45, 7) is 0. The Morgan fingerprint density at radius 1 is 0.900 bits per heavy atom. The SMILES string of the molecule is NC(=Nc1nc(-c2ccccc2)cc(=O)[nH]1)Nc1ccc(Oc2ccccc2)cc1. The summed E-state index contributed by atoms with van der Waals surface area (Å²) in [6, 6.07) is 27.6. The molecule has 0 fully saturated rings. The van der Waals surface area contributed by atoms with Crippen LogP contribution >= 0.6 is 0 Å². The summed E-state index contributed by atoms with van der Waals surface area (Å²) >= 11 is 0. The van der Waals surface area contributed by atoms with E-state index in [1.807, 2.05) is 84.9 Å². The van der Waals surface area contributed by atoms with Crippen LogP contribution in [0.3, 0.4) is 0 Å². The molecule has 0 aliphatic heterocycles. The van der Waals surface area contributed by atoms with Crippen LogP contribution in [0, 0.1) is 0 Å². The number of nitrogens with two attached hydrogens (primary N) is 1. The number of para-hydroxylation sites is 1. The molecule has 0 aliphatic carbocycles. The first kappa shape index (κ1) is 18.9. The Morgan fingerprint density at radius 3 is 2.23 bits per heavy atom. The van der Waals surface area contributed by atoms with Gasteiger partial charge in [0.2, 0.25) is 11.9 Å². The van der Waals surface area contributed by atoms with E-state index in [4.69, 9.17) is 10.5 Å². The number of hydrogen-bond acceptors (Lipinski definition) is 4. The first-order valence-corrected chi connectivity index (χ1v) is 9.27. The summed E-state index contributed by atoms with van der Waals surface area (Å²) in [5.41, 5.74) is 7.74. The Bertz CT molecular complexity index is 1200. The van der Waals surface area contributed by atoms with Gasteiger partial charge in [-0.1, -0.05) is 48.5 Å². The fourth-order valence-electron chi connectivity index (χ4n) is 2.78. The number of nitrogens with one attached hydrogen (secondary N) is 2. The molecule has 30 heavy (non-hydrogen) atoms. The zero-order chi connectivity index (χ0) is 20.8. The van der Waals surface area contributed by atoms with E-state index >= 15 is 0 Å². The van der Waals surface area contributed by atoms with Crippen molar-refractivity contribution in [3.8, 4) is 22.8 Å². The normalized spacial score (nSPS) is 11.1. The molecule has 0 amide bonds. The fraction of sp³-hybridized carbons (Fsp3) is 0. The average molecular weight is 397 g/mol. The van der Waals surface area contributed by atoms with Gasteiger partial charge in [0.05, 0.1) is 5.69 Å². The van der Waals surface area contributed by atoms with Gasteiger partial charge in [-0.15, -0.1) is 0 Å². The molecule has 4 rings (SSSR count). The van der Waals surface area contributed by atoms with Gasteiger partial charge < -0.3 is 15.8 Å². The van der Waals surface area contributed by atoms with Gasteiger partial charge in [0.1, 0.15) is 11.5 Å². The minimum Gasteiger partial charge on any atom is -0.457 e. The summed E-state index contributed by atoms with van der Waals surface area (Å²) in [4.78, 5) is 23.1. The van der Waals surface area contributed by atoms with Crippen molar-refractivity contribution >= 4 is 17.6 Å². The Morgan fingerprint density at radius 2 is 1.53 bits per heavy atom. The summed E-state index contributed by atoms with van der Waals surface area (Å²) in [7, 11) is 0. The van der Waals surface area contributed by atoms with Crippen molar-refractivity contribution in [3.63, 3.8) is 0 Å². The quantitative estimate of drug-likeness (QED) is 0.344. The van der Waals surface area contributed by atoms with E-state index < -0.39 is 0 Å². The van der Waals surface area contributed by atoms with E-state index in [9.17, 15) is 4.79 Å². The molecule has 0 aliphatic rings. The molecule has 0 saturated carbocycles. The van der Waals surface area contributed by atoms with Crippen LogP contribution in [0.15, 0.2) is 101 Å². The zero-order valence-electron chi connectivity index (χ0n) is 15.9. The number of nitrogens with zero attached hydrogens (tertiary/aromatic N) is 2. The van der Waals surface area contributed by atoms with Crippen molar-refractivity contribution < 1.29 is 4.74 Å². The fourth-order valence-corrected chi connectivity index (χ4v) is 2.78. The van der Waals surface area contributed by atoms with E-state index in [1.54, 1.807) is 0 Å². The van der Waals surface area contributed by atoms with E-state index in [0.717, 1.165) is 17.0 Å². The van der Waals surface area contributed by atoms with E-state index in [1.165, 1.54) is 6.07 Å². The summed E-state index contributed by atoms with van der Waals surface area (Å²) in [5, 5.41) is 2.97. The monoisotopic (exact) mass is 397 g/mol. The molecule has 0 radical (unpaired) electrons. The predicted octanol–water partition coefficient (Wildman–Crippen LogP) is 4.29. The minimum atomic E-state index is -0.308.